The summed E-state index contributed by atoms with van der Waals surface area (Å²) in [5, 5.41) is 11.6. The number of benzene rings is 1. The van der Waals surface area contributed by atoms with Crippen LogP contribution in [0.25, 0.3) is 0 Å². The van der Waals surface area contributed by atoms with Crippen LogP contribution in [0.5, 0.6) is 0 Å². The van der Waals surface area contributed by atoms with Crippen molar-refractivity contribution in [1.29, 1.82) is 0 Å². The Morgan fingerprint density at radius 3 is 2.61 bits per heavy atom. The van der Waals surface area contributed by atoms with Gasteiger partial charge in [-0.25, -0.2) is 4.79 Å². The zero-order valence-electron chi connectivity index (χ0n) is 10.2. The molecule has 0 saturated carbocycles. The number of anilines is 1. The molecule has 1 rings (SSSR count). The van der Waals surface area contributed by atoms with Crippen LogP contribution in [-0.4, -0.2) is 42.5 Å². The van der Waals surface area contributed by atoms with Crippen LogP contribution in [0.2, 0.25) is 0 Å². The van der Waals surface area contributed by atoms with Gasteiger partial charge in [0.15, 0.2) is 0 Å². The van der Waals surface area contributed by atoms with E-state index in [-0.39, 0.29) is 11.5 Å². The first kappa shape index (κ1) is 14.7. The molecule has 0 aromatic heterocycles. The van der Waals surface area contributed by atoms with Gasteiger partial charge in [0.25, 0.3) is 0 Å². The smallest absolute Gasteiger partial charge is 0.336 e. The summed E-state index contributed by atoms with van der Waals surface area (Å²) in [5.41, 5.74) is 0.611. The number of rotatable bonds is 5. The molecule has 0 aliphatic carbocycles. The van der Waals surface area contributed by atoms with Crippen molar-refractivity contribution < 1.29 is 14.7 Å². The van der Waals surface area contributed by atoms with E-state index in [1.54, 1.807) is 12.1 Å². The van der Waals surface area contributed by atoms with Crippen molar-refractivity contribution in [3.8, 4) is 0 Å². The number of carbonyl (C=O) groups excluding carboxylic acids is 1. The molecule has 1 aromatic carbocycles. The monoisotopic (exact) mass is 314 g/mol. The highest BCUT2D eigenvalue weighted by molar-refractivity contribution is 9.10. The summed E-state index contributed by atoms with van der Waals surface area (Å²) in [6.07, 6.45) is 0.367. The fourth-order valence-electron chi connectivity index (χ4n) is 1.32. The molecule has 0 fully saturated rings. The highest BCUT2D eigenvalue weighted by atomic mass is 79.9. The molecule has 1 amide bonds. The minimum Gasteiger partial charge on any atom is -0.478 e. The number of hydrogen-bond acceptors (Lipinski definition) is 3. The molecular formula is C12H15BrN2O3. The topological polar surface area (TPSA) is 69.6 Å². The number of amides is 1. The maximum Gasteiger partial charge on any atom is 0.336 e. The summed E-state index contributed by atoms with van der Waals surface area (Å²) in [6.45, 7) is 0.647. The zero-order valence-corrected chi connectivity index (χ0v) is 11.8. The number of hydrogen-bond donors (Lipinski definition) is 2. The Morgan fingerprint density at radius 2 is 2.06 bits per heavy atom. The van der Waals surface area contributed by atoms with E-state index in [2.05, 4.69) is 21.2 Å². The van der Waals surface area contributed by atoms with Gasteiger partial charge in [0.05, 0.1) is 5.56 Å². The molecule has 0 atom stereocenters. The average Bonchev–Trinajstić information content (AvgIpc) is 2.28. The molecule has 18 heavy (non-hydrogen) atoms. The lowest BCUT2D eigenvalue weighted by Crippen LogP contribution is -2.20. The van der Waals surface area contributed by atoms with Gasteiger partial charge >= 0.3 is 5.97 Å². The fraction of sp³-hybridized carbons (Fsp3) is 0.333. The standard InChI is InChI=1S/C12H15BrN2O3/c1-15(2)6-5-11(16)14-8-3-4-10(13)9(7-8)12(17)18/h3-4,7H,5-6H2,1-2H3,(H,14,16)(H,17,18). The van der Waals surface area contributed by atoms with Crippen molar-refractivity contribution in [2.24, 2.45) is 0 Å². The van der Waals surface area contributed by atoms with Crippen molar-refractivity contribution in [3.63, 3.8) is 0 Å². The molecule has 0 saturated heterocycles. The molecule has 0 aliphatic heterocycles. The average molecular weight is 315 g/mol. The van der Waals surface area contributed by atoms with Crippen LogP contribution in [-0.2, 0) is 4.79 Å². The molecule has 0 radical (unpaired) electrons. The van der Waals surface area contributed by atoms with Crippen molar-refractivity contribution in [2.75, 3.05) is 26.0 Å². The summed E-state index contributed by atoms with van der Waals surface area (Å²) in [4.78, 5) is 24.4. The van der Waals surface area contributed by atoms with Gasteiger partial charge in [0.1, 0.15) is 0 Å². The molecule has 1 aromatic rings. The molecule has 6 heteroatoms. The Hall–Kier alpha value is -1.40. The maximum absolute atomic E-state index is 11.6. The van der Waals surface area contributed by atoms with Crippen LogP contribution in [0.1, 0.15) is 16.8 Å². The van der Waals surface area contributed by atoms with E-state index in [4.69, 9.17) is 5.11 Å². The molecule has 2 N–H and O–H groups in total. The summed E-state index contributed by atoms with van der Waals surface area (Å²) in [7, 11) is 3.77. The summed E-state index contributed by atoms with van der Waals surface area (Å²) >= 11 is 3.15. The molecular weight excluding hydrogens is 300 g/mol. The summed E-state index contributed by atoms with van der Waals surface area (Å²) < 4.78 is 0.487. The van der Waals surface area contributed by atoms with Crippen molar-refractivity contribution in [2.45, 2.75) is 6.42 Å². The molecule has 0 aliphatic rings. The number of carbonyl (C=O) groups is 2. The summed E-state index contributed by atoms with van der Waals surface area (Å²) in [6, 6.07) is 4.69. The maximum atomic E-state index is 11.6. The molecule has 0 spiro atoms. The first-order valence-electron chi connectivity index (χ1n) is 5.37. The highest BCUT2D eigenvalue weighted by Gasteiger charge is 2.10. The summed E-state index contributed by atoms with van der Waals surface area (Å²) in [5.74, 6) is -1.17. The quantitative estimate of drug-likeness (QED) is 0.872. The van der Waals surface area contributed by atoms with Gasteiger partial charge in [-0.3, -0.25) is 4.79 Å². The first-order valence-corrected chi connectivity index (χ1v) is 6.17. The molecule has 5 nitrogen and oxygen atoms in total. The van der Waals surface area contributed by atoms with E-state index >= 15 is 0 Å². The van der Waals surface area contributed by atoms with E-state index in [9.17, 15) is 9.59 Å². The van der Waals surface area contributed by atoms with E-state index < -0.39 is 5.97 Å². The Balaban J connectivity index is 2.70. The van der Waals surface area contributed by atoms with Crippen molar-refractivity contribution in [1.82, 2.24) is 4.90 Å². The predicted octanol–water partition coefficient (Wildman–Crippen LogP) is 2.04. The third-order valence-corrected chi connectivity index (χ3v) is 2.96. The number of aromatic carboxylic acids is 1. The van der Waals surface area contributed by atoms with Crippen molar-refractivity contribution in [3.05, 3.63) is 28.2 Å². The van der Waals surface area contributed by atoms with Gasteiger partial charge in [-0.15, -0.1) is 0 Å². The zero-order chi connectivity index (χ0) is 13.7. The first-order chi connectivity index (χ1) is 8.40. The van der Waals surface area contributed by atoms with Crippen LogP contribution in [0.4, 0.5) is 5.69 Å². The molecule has 0 heterocycles. The van der Waals surface area contributed by atoms with E-state index in [0.29, 0.717) is 23.1 Å². The van der Waals surface area contributed by atoms with Gasteiger partial charge in [0.2, 0.25) is 5.91 Å². The van der Waals surface area contributed by atoms with E-state index in [0.717, 1.165) is 0 Å². The lowest BCUT2D eigenvalue weighted by molar-refractivity contribution is -0.116. The second kappa shape index (κ2) is 6.51. The van der Waals surface area contributed by atoms with Crippen LogP contribution in [0.15, 0.2) is 22.7 Å². The lowest BCUT2D eigenvalue weighted by atomic mass is 10.2. The number of halogens is 1. The van der Waals surface area contributed by atoms with Gasteiger partial charge in [0, 0.05) is 23.1 Å². The second-order valence-corrected chi connectivity index (χ2v) is 4.96. The van der Waals surface area contributed by atoms with E-state index in [1.807, 2.05) is 19.0 Å². The van der Waals surface area contributed by atoms with Gasteiger partial charge in [-0.05, 0) is 48.2 Å². The number of nitrogens with one attached hydrogen (secondary N) is 1. The molecule has 98 valence electrons. The highest BCUT2D eigenvalue weighted by Crippen LogP contribution is 2.21. The number of carboxylic acids is 1. The lowest BCUT2D eigenvalue weighted by Gasteiger charge is -2.10. The van der Waals surface area contributed by atoms with Gasteiger partial charge in [-0.1, -0.05) is 0 Å². The van der Waals surface area contributed by atoms with Crippen LogP contribution < -0.4 is 5.32 Å². The van der Waals surface area contributed by atoms with Crippen LogP contribution >= 0.6 is 15.9 Å². The van der Waals surface area contributed by atoms with E-state index in [1.165, 1.54) is 6.07 Å². The normalized spacial score (nSPS) is 10.4. The third kappa shape index (κ3) is 4.46. The molecule has 0 unspecified atom stereocenters. The Bertz CT molecular complexity index is 461. The third-order valence-electron chi connectivity index (χ3n) is 2.27. The van der Waals surface area contributed by atoms with Gasteiger partial charge < -0.3 is 15.3 Å². The number of carboxylic acid groups (broad SMARTS) is 1. The Kier molecular flexibility index (Phi) is 5.30. The van der Waals surface area contributed by atoms with Crippen LogP contribution in [0.3, 0.4) is 0 Å². The minimum absolute atomic E-state index is 0.125. The number of nitrogens with zero attached hydrogens (tertiary/aromatic N) is 1. The Labute approximate surface area is 114 Å². The Morgan fingerprint density at radius 1 is 1.39 bits per heavy atom. The van der Waals surface area contributed by atoms with Gasteiger partial charge in [-0.2, -0.15) is 0 Å². The predicted molar refractivity (Wildman–Crippen MR) is 72.9 cm³/mol. The van der Waals surface area contributed by atoms with Crippen molar-refractivity contribution >= 4 is 33.5 Å². The molecule has 0 bridgehead atoms. The second-order valence-electron chi connectivity index (χ2n) is 4.10. The fourth-order valence-corrected chi connectivity index (χ4v) is 1.73. The SMILES string of the molecule is CN(C)CCC(=O)Nc1ccc(Br)c(C(=O)O)c1. The largest absolute Gasteiger partial charge is 0.478 e. The van der Waals surface area contributed by atoms with Crippen LogP contribution in [0, 0.1) is 0 Å². The minimum atomic E-state index is -1.04.